The van der Waals surface area contributed by atoms with E-state index in [2.05, 4.69) is 10.2 Å². The minimum absolute atomic E-state index is 0.153. The predicted octanol–water partition coefficient (Wildman–Crippen LogP) is 2.57. The third-order valence-electron chi connectivity index (χ3n) is 1.46. The maximum Gasteiger partial charge on any atom is 0.183 e. The van der Waals surface area contributed by atoms with Crippen LogP contribution in [0, 0.1) is 0 Å². The summed E-state index contributed by atoms with van der Waals surface area (Å²) >= 11 is 4.36. The lowest BCUT2D eigenvalue weighted by molar-refractivity contribution is 0.102. The van der Waals surface area contributed by atoms with Crippen molar-refractivity contribution < 1.29 is 4.79 Å². The molecule has 0 N–H and O–H groups in total. The molecule has 0 saturated heterocycles. The molecular formula is C8H6N2OS3. The normalized spacial score (nSPS) is 10.3. The van der Waals surface area contributed by atoms with Gasteiger partial charge in [0.25, 0.3) is 0 Å². The SMILES string of the molecule is O=C(CSc1nncs1)c1cccs1. The minimum Gasteiger partial charge on any atom is -0.292 e. The minimum atomic E-state index is 0.153. The van der Waals surface area contributed by atoms with Gasteiger partial charge in [-0.2, -0.15) is 0 Å². The highest BCUT2D eigenvalue weighted by Crippen LogP contribution is 2.21. The number of Topliss-reactive ketones (excluding diaryl/α,β-unsaturated/α-hetero) is 1. The zero-order chi connectivity index (χ0) is 9.80. The molecule has 0 aliphatic carbocycles. The van der Waals surface area contributed by atoms with Crippen LogP contribution >= 0.6 is 34.4 Å². The molecule has 0 saturated carbocycles. The Balaban J connectivity index is 1.90. The van der Waals surface area contributed by atoms with Crippen LogP contribution in [0.15, 0.2) is 27.4 Å². The van der Waals surface area contributed by atoms with Gasteiger partial charge >= 0.3 is 0 Å². The van der Waals surface area contributed by atoms with Gasteiger partial charge in [0.05, 0.1) is 10.6 Å². The number of thiophene rings is 1. The molecule has 0 amide bonds. The van der Waals surface area contributed by atoms with Crippen molar-refractivity contribution in [2.45, 2.75) is 4.34 Å². The van der Waals surface area contributed by atoms with Crippen LogP contribution in [0.5, 0.6) is 0 Å². The van der Waals surface area contributed by atoms with E-state index in [9.17, 15) is 4.79 Å². The monoisotopic (exact) mass is 242 g/mol. The van der Waals surface area contributed by atoms with E-state index in [1.165, 1.54) is 34.4 Å². The van der Waals surface area contributed by atoms with E-state index >= 15 is 0 Å². The van der Waals surface area contributed by atoms with Crippen molar-refractivity contribution in [3.8, 4) is 0 Å². The van der Waals surface area contributed by atoms with Crippen LogP contribution in [0.1, 0.15) is 9.67 Å². The zero-order valence-corrected chi connectivity index (χ0v) is 9.49. The van der Waals surface area contributed by atoms with Gasteiger partial charge in [-0.15, -0.1) is 21.5 Å². The summed E-state index contributed by atoms with van der Waals surface area (Å²) in [5.74, 6) is 0.593. The average Bonchev–Trinajstić information content (AvgIpc) is 2.87. The van der Waals surface area contributed by atoms with E-state index in [1.807, 2.05) is 17.5 Å². The van der Waals surface area contributed by atoms with E-state index in [1.54, 1.807) is 5.51 Å². The molecule has 2 rings (SSSR count). The summed E-state index contributed by atoms with van der Waals surface area (Å²) in [6, 6.07) is 3.72. The molecule has 0 aliphatic rings. The third kappa shape index (κ3) is 2.40. The number of carbonyl (C=O) groups excluding carboxylic acids is 1. The first-order valence-corrected chi connectivity index (χ1v) is 6.56. The Kier molecular flexibility index (Phi) is 3.28. The maximum atomic E-state index is 11.5. The van der Waals surface area contributed by atoms with Crippen LogP contribution in [0.25, 0.3) is 0 Å². The second-order valence-electron chi connectivity index (χ2n) is 2.39. The van der Waals surface area contributed by atoms with Gasteiger partial charge in [0.1, 0.15) is 5.51 Å². The quantitative estimate of drug-likeness (QED) is 0.610. The van der Waals surface area contributed by atoms with Gasteiger partial charge in [0, 0.05) is 0 Å². The first-order valence-electron chi connectivity index (χ1n) is 3.82. The Hall–Kier alpha value is -0.720. The summed E-state index contributed by atoms with van der Waals surface area (Å²) in [6.45, 7) is 0. The molecule has 0 fully saturated rings. The van der Waals surface area contributed by atoms with Crippen LogP contribution in [-0.2, 0) is 0 Å². The van der Waals surface area contributed by atoms with Crippen molar-refractivity contribution in [3.63, 3.8) is 0 Å². The third-order valence-corrected chi connectivity index (χ3v) is 4.23. The molecule has 0 bridgehead atoms. The summed E-state index contributed by atoms with van der Waals surface area (Å²) in [7, 11) is 0. The molecule has 14 heavy (non-hydrogen) atoms. The number of carbonyl (C=O) groups is 1. The largest absolute Gasteiger partial charge is 0.292 e. The highest BCUT2D eigenvalue weighted by atomic mass is 32.2. The number of hydrogen-bond acceptors (Lipinski definition) is 6. The predicted molar refractivity (Wildman–Crippen MR) is 59.3 cm³/mol. The molecule has 0 aromatic carbocycles. The summed E-state index contributed by atoms with van der Waals surface area (Å²) in [4.78, 5) is 12.4. The number of ketones is 1. The highest BCUT2D eigenvalue weighted by Gasteiger charge is 2.08. The average molecular weight is 242 g/mol. The van der Waals surface area contributed by atoms with Gasteiger partial charge in [0.15, 0.2) is 10.1 Å². The Bertz CT molecular complexity index is 396. The number of thioether (sulfide) groups is 1. The Morgan fingerprint density at radius 2 is 2.43 bits per heavy atom. The van der Waals surface area contributed by atoms with Crippen molar-refractivity contribution >= 4 is 40.2 Å². The molecule has 3 nitrogen and oxygen atoms in total. The van der Waals surface area contributed by atoms with Gasteiger partial charge < -0.3 is 0 Å². The van der Waals surface area contributed by atoms with Crippen molar-refractivity contribution in [3.05, 3.63) is 27.9 Å². The summed E-state index contributed by atoms with van der Waals surface area (Å²) in [6.07, 6.45) is 0. The van der Waals surface area contributed by atoms with Crippen LogP contribution in [0.4, 0.5) is 0 Å². The van der Waals surface area contributed by atoms with Crippen molar-refractivity contribution in [2.24, 2.45) is 0 Å². The standard InChI is InChI=1S/C8H6N2OS3/c11-6(7-2-1-3-12-7)4-13-8-10-9-5-14-8/h1-3,5H,4H2. The lowest BCUT2D eigenvalue weighted by atomic mass is 10.4. The molecular weight excluding hydrogens is 236 g/mol. The second kappa shape index (κ2) is 4.68. The van der Waals surface area contributed by atoms with Gasteiger partial charge in [-0.05, 0) is 11.4 Å². The van der Waals surface area contributed by atoms with E-state index in [0.717, 1.165) is 9.22 Å². The number of rotatable bonds is 4. The smallest absolute Gasteiger partial charge is 0.183 e. The van der Waals surface area contributed by atoms with Crippen molar-refractivity contribution in [2.75, 3.05) is 5.75 Å². The fraction of sp³-hybridized carbons (Fsp3) is 0.125. The molecule has 0 radical (unpaired) electrons. The van der Waals surface area contributed by atoms with Crippen molar-refractivity contribution in [1.29, 1.82) is 0 Å². The van der Waals surface area contributed by atoms with Crippen LogP contribution in [-0.4, -0.2) is 21.7 Å². The summed E-state index contributed by atoms with van der Waals surface area (Å²) in [5.41, 5.74) is 1.66. The molecule has 72 valence electrons. The fourth-order valence-corrected chi connectivity index (χ4v) is 2.99. The summed E-state index contributed by atoms with van der Waals surface area (Å²) in [5, 5.41) is 9.46. The van der Waals surface area contributed by atoms with Gasteiger partial charge in [-0.1, -0.05) is 29.2 Å². The van der Waals surface area contributed by atoms with E-state index < -0.39 is 0 Å². The summed E-state index contributed by atoms with van der Waals surface area (Å²) < 4.78 is 0.843. The van der Waals surface area contributed by atoms with Crippen molar-refractivity contribution in [1.82, 2.24) is 10.2 Å². The topological polar surface area (TPSA) is 42.9 Å². The second-order valence-corrected chi connectivity index (χ2v) is 5.40. The number of aromatic nitrogens is 2. The van der Waals surface area contributed by atoms with Crippen LogP contribution in [0.2, 0.25) is 0 Å². The fourth-order valence-electron chi connectivity index (χ4n) is 0.861. The molecule has 0 aliphatic heterocycles. The first-order chi connectivity index (χ1) is 6.86. The molecule has 2 aromatic heterocycles. The van der Waals surface area contributed by atoms with E-state index in [0.29, 0.717) is 5.75 Å². The Morgan fingerprint density at radius 1 is 1.50 bits per heavy atom. The molecule has 2 heterocycles. The van der Waals surface area contributed by atoms with Crippen LogP contribution in [0.3, 0.4) is 0 Å². The van der Waals surface area contributed by atoms with Gasteiger partial charge in [-0.3, -0.25) is 4.79 Å². The number of hydrogen-bond donors (Lipinski definition) is 0. The molecule has 6 heteroatoms. The van der Waals surface area contributed by atoms with E-state index in [-0.39, 0.29) is 5.78 Å². The van der Waals surface area contributed by atoms with E-state index in [4.69, 9.17) is 0 Å². The van der Waals surface area contributed by atoms with Gasteiger partial charge in [-0.25, -0.2) is 0 Å². The number of nitrogens with zero attached hydrogens (tertiary/aromatic N) is 2. The Labute approximate surface area is 93.2 Å². The molecule has 2 aromatic rings. The lowest BCUT2D eigenvalue weighted by Gasteiger charge is -1.93. The first kappa shape index (κ1) is 9.82. The zero-order valence-electron chi connectivity index (χ0n) is 7.04. The lowest BCUT2D eigenvalue weighted by Crippen LogP contribution is -1.98. The van der Waals surface area contributed by atoms with Gasteiger partial charge in [0.2, 0.25) is 0 Å². The molecule has 0 spiro atoms. The molecule has 0 unspecified atom stereocenters. The Morgan fingerprint density at radius 3 is 3.07 bits per heavy atom. The maximum absolute atomic E-state index is 11.5. The van der Waals surface area contributed by atoms with Crippen LogP contribution < -0.4 is 0 Å². The highest BCUT2D eigenvalue weighted by molar-refractivity contribution is 8.01. The molecule has 0 atom stereocenters.